The predicted molar refractivity (Wildman–Crippen MR) is 136 cm³/mol. The number of fused-ring (bicyclic) bond motifs is 1. The minimum atomic E-state index is -3.78. The van der Waals surface area contributed by atoms with E-state index in [-0.39, 0.29) is 28.8 Å². The van der Waals surface area contributed by atoms with Gasteiger partial charge in [0.15, 0.2) is 21.3 Å². The van der Waals surface area contributed by atoms with Crippen molar-refractivity contribution in [3.63, 3.8) is 0 Å². The zero-order valence-corrected chi connectivity index (χ0v) is 21.4. The van der Waals surface area contributed by atoms with Crippen LogP contribution in [-0.4, -0.2) is 62.0 Å². The van der Waals surface area contributed by atoms with Crippen LogP contribution >= 0.6 is 0 Å². The Morgan fingerprint density at radius 1 is 1.38 bits per heavy atom. The summed E-state index contributed by atoms with van der Waals surface area (Å²) in [6, 6.07) is 3.83. The molecule has 3 aromatic heterocycles. The molecule has 0 unspecified atom stereocenters. The molecule has 10 nitrogen and oxygen atoms in total. The van der Waals surface area contributed by atoms with Crippen LogP contribution in [0.3, 0.4) is 0 Å². The number of carbonyl (C=O) groups is 1. The second-order valence-corrected chi connectivity index (χ2v) is 16.6. The number of hydrogen-bond donors (Lipinski definition) is 2. The van der Waals surface area contributed by atoms with Crippen LogP contribution in [0.4, 0.5) is 11.5 Å². The van der Waals surface area contributed by atoms with E-state index in [2.05, 4.69) is 46.7 Å². The van der Waals surface area contributed by atoms with Crippen LogP contribution < -0.4 is 10.6 Å². The molecular weight excluding hydrogens is 472 g/mol. The highest BCUT2D eigenvalue weighted by atomic mass is 32.2. The summed E-state index contributed by atoms with van der Waals surface area (Å²) in [6.45, 7) is 8.60. The Balaban J connectivity index is 2.07. The number of nitrogens with one attached hydrogen (secondary N) is 2. The van der Waals surface area contributed by atoms with Gasteiger partial charge in [0.05, 0.1) is 11.9 Å². The van der Waals surface area contributed by atoms with E-state index in [1.54, 1.807) is 16.8 Å². The van der Waals surface area contributed by atoms with Gasteiger partial charge in [0.2, 0.25) is 0 Å². The molecule has 12 heteroatoms. The standard InChI is InChI=1S/C22H30N6O4SSi/c1-7-15-13-28(14-32-10-11-34(4,5)6)21-16(15)12-18(33(3,30)31)20(26-21)25-17-8-9-24-27-19(17)22(29)23-2/h7-9,12-13H,1,10-11,14H2,2-6H3,(H,23,29)(H,24,25,26)/i2D3. The minimum Gasteiger partial charge on any atom is -0.361 e. The Kier molecular flexibility index (Phi) is 6.33. The number of ether oxygens (including phenoxy) is 1. The van der Waals surface area contributed by atoms with E-state index in [9.17, 15) is 13.2 Å². The lowest BCUT2D eigenvalue weighted by molar-refractivity contribution is 0.0898. The first kappa shape index (κ1) is 21.4. The molecule has 0 bridgehead atoms. The SMILES string of the molecule is [2H]C([2H])([2H])NC(=O)c1nnccc1Nc1nc2c(cc1S(C)(=O)=O)c(C=C)cn2COCC[Si](C)(C)C. The lowest BCUT2D eigenvalue weighted by Crippen LogP contribution is -2.22. The van der Waals surface area contributed by atoms with Crippen molar-refractivity contribution in [1.82, 2.24) is 25.1 Å². The third-order valence-electron chi connectivity index (χ3n) is 4.99. The molecule has 2 N–H and O–H groups in total. The summed E-state index contributed by atoms with van der Waals surface area (Å²) in [4.78, 5) is 16.9. The molecule has 0 saturated heterocycles. The Morgan fingerprint density at radius 3 is 2.79 bits per heavy atom. The fraction of sp³-hybridized carbons (Fsp3) is 0.364. The van der Waals surface area contributed by atoms with E-state index < -0.39 is 30.8 Å². The molecule has 3 rings (SSSR count). The highest BCUT2D eigenvalue weighted by Crippen LogP contribution is 2.31. The molecule has 1 amide bonds. The van der Waals surface area contributed by atoms with Gasteiger partial charge in [-0.2, -0.15) is 5.10 Å². The Morgan fingerprint density at radius 2 is 2.15 bits per heavy atom. The van der Waals surface area contributed by atoms with E-state index in [1.807, 2.05) is 5.32 Å². The molecule has 0 aliphatic heterocycles. The lowest BCUT2D eigenvalue weighted by atomic mass is 10.2. The van der Waals surface area contributed by atoms with Crippen molar-refractivity contribution >= 4 is 52.4 Å². The number of hydrogen-bond acceptors (Lipinski definition) is 8. The van der Waals surface area contributed by atoms with Gasteiger partial charge in [-0.3, -0.25) is 4.79 Å². The average molecular weight is 506 g/mol. The predicted octanol–water partition coefficient (Wildman–Crippen LogP) is 3.29. The van der Waals surface area contributed by atoms with Gasteiger partial charge in [0, 0.05) is 49.2 Å². The van der Waals surface area contributed by atoms with Gasteiger partial charge in [-0.25, -0.2) is 13.4 Å². The monoisotopic (exact) mass is 505 g/mol. The summed E-state index contributed by atoms with van der Waals surface area (Å²) >= 11 is 0. The van der Waals surface area contributed by atoms with E-state index in [0.717, 1.165) is 12.3 Å². The molecule has 34 heavy (non-hydrogen) atoms. The van der Waals surface area contributed by atoms with E-state index in [0.29, 0.717) is 23.2 Å². The summed E-state index contributed by atoms with van der Waals surface area (Å²) in [5.74, 6) is -1.08. The molecule has 182 valence electrons. The molecule has 0 radical (unpaired) electrons. The number of aromatic nitrogens is 4. The van der Waals surface area contributed by atoms with E-state index in [1.165, 1.54) is 18.3 Å². The maximum absolute atomic E-state index is 12.7. The number of sulfone groups is 1. The Hall–Kier alpha value is -3.09. The normalized spacial score (nSPS) is 13.7. The number of nitrogens with zero attached hydrogens (tertiary/aromatic N) is 4. The second kappa shape index (κ2) is 10.0. The Bertz CT molecular complexity index is 1430. The highest BCUT2D eigenvalue weighted by molar-refractivity contribution is 7.90. The van der Waals surface area contributed by atoms with Crippen LogP contribution in [0.1, 0.15) is 20.2 Å². The molecule has 0 spiro atoms. The number of rotatable bonds is 10. The van der Waals surface area contributed by atoms with Gasteiger partial charge >= 0.3 is 0 Å². The smallest absolute Gasteiger partial charge is 0.273 e. The molecule has 3 heterocycles. The van der Waals surface area contributed by atoms with Gasteiger partial charge in [-0.1, -0.05) is 32.3 Å². The molecular formula is C22H30N6O4SSi. The summed E-state index contributed by atoms with van der Waals surface area (Å²) in [7, 11) is -5.06. The highest BCUT2D eigenvalue weighted by Gasteiger charge is 2.22. The van der Waals surface area contributed by atoms with Crippen molar-refractivity contribution in [3.8, 4) is 0 Å². The number of anilines is 2. The van der Waals surface area contributed by atoms with Crippen molar-refractivity contribution in [2.45, 2.75) is 37.3 Å². The lowest BCUT2D eigenvalue weighted by Gasteiger charge is -2.16. The number of pyridine rings is 1. The van der Waals surface area contributed by atoms with Crippen molar-refractivity contribution in [2.75, 3.05) is 25.2 Å². The molecule has 0 aliphatic rings. The fourth-order valence-corrected chi connectivity index (χ4v) is 4.71. The first-order valence-corrected chi connectivity index (χ1v) is 16.0. The Labute approximate surface area is 204 Å². The van der Waals surface area contributed by atoms with Gasteiger partial charge in [-0.15, -0.1) is 5.10 Å². The number of carbonyl (C=O) groups excluding carboxylic acids is 1. The van der Waals surface area contributed by atoms with Gasteiger partial charge in [-0.05, 0) is 18.2 Å². The quantitative estimate of drug-likeness (QED) is 0.317. The molecule has 0 aliphatic carbocycles. The van der Waals surface area contributed by atoms with E-state index >= 15 is 0 Å². The van der Waals surface area contributed by atoms with Crippen LogP contribution in [0, 0.1) is 0 Å². The van der Waals surface area contributed by atoms with Crippen LogP contribution in [-0.2, 0) is 21.3 Å². The molecule has 3 aromatic rings. The van der Waals surface area contributed by atoms with Gasteiger partial charge < -0.3 is 19.9 Å². The van der Waals surface area contributed by atoms with Crippen molar-refractivity contribution in [3.05, 3.63) is 42.4 Å². The largest absolute Gasteiger partial charge is 0.361 e. The molecule has 0 saturated carbocycles. The van der Waals surface area contributed by atoms with Gasteiger partial charge in [0.25, 0.3) is 5.91 Å². The molecule has 0 aromatic carbocycles. The molecule has 0 atom stereocenters. The fourth-order valence-electron chi connectivity index (χ4n) is 3.18. The number of amides is 1. The first-order chi connectivity index (χ1) is 17.1. The topological polar surface area (TPSA) is 128 Å². The van der Waals surface area contributed by atoms with Gasteiger partial charge in [0.1, 0.15) is 17.3 Å². The zero-order chi connectivity index (χ0) is 27.6. The van der Waals surface area contributed by atoms with Crippen LogP contribution in [0.2, 0.25) is 25.7 Å². The zero-order valence-electron chi connectivity index (χ0n) is 22.5. The van der Waals surface area contributed by atoms with Crippen LogP contribution in [0.15, 0.2) is 36.0 Å². The first-order valence-electron chi connectivity index (χ1n) is 11.9. The summed E-state index contributed by atoms with van der Waals surface area (Å²) < 4.78 is 54.8. The summed E-state index contributed by atoms with van der Waals surface area (Å²) in [5, 5.41) is 12.6. The third kappa shape index (κ3) is 5.87. The van der Waals surface area contributed by atoms with Crippen molar-refractivity contribution in [2.24, 2.45) is 0 Å². The summed E-state index contributed by atoms with van der Waals surface area (Å²) in [5.41, 5.74) is 0.808. The third-order valence-corrected chi connectivity index (χ3v) is 7.81. The minimum absolute atomic E-state index is 0.0296. The van der Waals surface area contributed by atoms with Crippen LogP contribution in [0.25, 0.3) is 17.1 Å². The maximum Gasteiger partial charge on any atom is 0.273 e. The van der Waals surface area contributed by atoms with Crippen LogP contribution in [0.5, 0.6) is 0 Å². The van der Waals surface area contributed by atoms with E-state index in [4.69, 9.17) is 8.85 Å². The summed E-state index contributed by atoms with van der Waals surface area (Å²) in [6.07, 6.45) is 5.69. The van der Waals surface area contributed by atoms with Crippen molar-refractivity contribution in [1.29, 1.82) is 0 Å². The maximum atomic E-state index is 12.7. The average Bonchev–Trinajstić information content (AvgIpc) is 3.11. The molecule has 0 fully saturated rings. The second-order valence-electron chi connectivity index (χ2n) is 8.96. The van der Waals surface area contributed by atoms with Crippen molar-refractivity contribution < 1.29 is 22.1 Å².